The fourth-order valence-electron chi connectivity index (χ4n) is 4.05. The molecule has 8 nitrogen and oxygen atoms in total. The van der Waals surface area contributed by atoms with E-state index in [1.807, 2.05) is 0 Å². The molecule has 0 spiro atoms. The summed E-state index contributed by atoms with van der Waals surface area (Å²) in [5, 5.41) is 23.5. The highest BCUT2D eigenvalue weighted by atomic mass is 16.6. The molecule has 0 fully saturated rings. The van der Waals surface area contributed by atoms with Crippen LogP contribution in [0.5, 0.6) is 0 Å². The second kappa shape index (κ2) is 16.3. The van der Waals surface area contributed by atoms with E-state index in [0.717, 1.165) is 19.3 Å². The number of hydrogen-bond acceptors (Lipinski definition) is 6. The van der Waals surface area contributed by atoms with E-state index in [9.17, 15) is 25.0 Å². The third-order valence-corrected chi connectivity index (χ3v) is 5.89. The van der Waals surface area contributed by atoms with E-state index >= 15 is 0 Å². The largest absolute Gasteiger partial charge is 0.371 e. The van der Waals surface area contributed by atoms with Crippen LogP contribution in [0, 0.1) is 20.2 Å². The van der Waals surface area contributed by atoms with Gasteiger partial charge in [-0.25, -0.2) is 0 Å². The minimum absolute atomic E-state index is 0.163. The van der Waals surface area contributed by atoms with E-state index in [0.29, 0.717) is 30.3 Å². The van der Waals surface area contributed by atoms with Gasteiger partial charge in [0.15, 0.2) is 0 Å². The quantitative estimate of drug-likeness (QED) is 0.116. The first-order chi connectivity index (χ1) is 15.4. The van der Waals surface area contributed by atoms with Crippen LogP contribution in [0.25, 0.3) is 0 Å². The topological polar surface area (TPSA) is 113 Å². The van der Waals surface area contributed by atoms with Crippen molar-refractivity contribution in [3.05, 3.63) is 55.6 Å². The van der Waals surface area contributed by atoms with Crippen molar-refractivity contribution < 1.29 is 19.4 Å². The van der Waals surface area contributed by atoms with Gasteiger partial charge in [-0.2, -0.15) is 0 Å². The number of carbonyl (C=O) groups excluding carboxylic acids is 1. The Kier molecular flexibility index (Phi) is 14.1. The van der Waals surface area contributed by atoms with Gasteiger partial charge >= 0.3 is 0 Å². The lowest BCUT2D eigenvalue weighted by atomic mass is 9.93. The molecule has 0 amide bonds. The lowest BCUT2D eigenvalue weighted by Gasteiger charge is -2.22. The molecule has 0 aliphatic rings. The molecule has 0 aliphatic carbocycles. The van der Waals surface area contributed by atoms with Crippen molar-refractivity contribution in [3.63, 3.8) is 0 Å². The monoisotopic (exact) mass is 450 g/mol. The number of nitro groups is 2. The number of aldehydes is 1. The molecule has 180 valence electrons. The van der Waals surface area contributed by atoms with Crippen molar-refractivity contribution in [1.29, 1.82) is 0 Å². The van der Waals surface area contributed by atoms with Crippen LogP contribution in [0.3, 0.4) is 0 Å². The minimum atomic E-state index is -1.21. The second-order valence-electron chi connectivity index (χ2n) is 8.31. The maximum Gasteiger partial charge on any atom is 0.245 e. The van der Waals surface area contributed by atoms with E-state index in [1.54, 1.807) is 31.2 Å². The molecule has 0 N–H and O–H groups in total. The minimum Gasteiger partial charge on any atom is -0.371 e. The van der Waals surface area contributed by atoms with Crippen LogP contribution in [0.4, 0.5) is 0 Å². The summed E-state index contributed by atoms with van der Waals surface area (Å²) in [5.41, 5.74) is 1.09. The Labute approximate surface area is 191 Å². The van der Waals surface area contributed by atoms with Gasteiger partial charge in [-0.3, -0.25) is 25.0 Å². The number of benzene rings is 1. The molecule has 8 heteroatoms. The number of nitrogens with zero attached hydrogens (tertiary/aromatic N) is 2. The molecule has 1 rings (SSSR count). The Bertz CT molecular complexity index is 697. The number of hydrogen-bond donors (Lipinski definition) is 0. The molecule has 1 aromatic carbocycles. The number of unbranched alkanes of at least 4 members (excludes halogenated alkanes) is 7. The molecule has 1 aromatic rings. The molecule has 0 saturated carbocycles. The summed E-state index contributed by atoms with van der Waals surface area (Å²) in [6, 6.07) is 4.68. The third kappa shape index (κ3) is 10.3. The van der Waals surface area contributed by atoms with Crippen molar-refractivity contribution in [2.24, 2.45) is 0 Å². The fraction of sp³-hybridized carbons (Fsp3) is 0.708. The van der Waals surface area contributed by atoms with Crippen LogP contribution < -0.4 is 0 Å². The molecule has 0 bridgehead atoms. The Hall–Kier alpha value is -2.35. The average molecular weight is 451 g/mol. The Morgan fingerprint density at radius 3 is 2.12 bits per heavy atom. The van der Waals surface area contributed by atoms with Crippen LogP contribution in [-0.4, -0.2) is 40.9 Å². The van der Waals surface area contributed by atoms with Gasteiger partial charge in [0, 0.05) is 34.9 Å². The first kappa shape index (κ1) is 27.7. The van der Waals surface area contributed by atoms with Gasteiger partial charge in [0.2, 0.25) is 12.1 Å². The van der Waals surface area contributed by atoms with E-state index in [2.05, 4.69) is 6.92 Å². The van der Waals surface area contributed by atoms with Gasteiger partial charge in [-0.05, 0) is 18.9 Å². The molecule has 3 atom stereocenters. The lowest BCUT2D eigenvalue weighted by molar-refractivity contribution is -0.568. The summed E-state index contributed by atoms with van der Waals surface area (Å²) in [5.74, 6) is 0. The van der Waals surface area contributed by atoms with Crippen molar-refractivity contribution in [3.8, 4) is 0 Å². The van der Waals surface area contributed by atoms with E-state index < -0.39 is 23.1 Å². The van der Waals surface area contributed by atoms with Crippen LogP contribution in [0.2, 0.25) is 0 Å². The molecule has 0 radical (unpaired) electrons. The zero-order valence-corrected chi connectivity index (χ0v) is 19.4. The predicted molar refractivity (Wildman–Crippen MR) is 124 cm³/mol. The molecule has 0 heterocycles. The normalized spacial score (nSPS) is 13.9. The highest BCUT2D eigenvalue weighted by Crippen LogP contribution is 2.21. The smallest absolute Gasteiger partial charge is 0.245 e. The highest BCUT2D eigenvalue weighted by molar-refractivity contribution is 5.77. The fourth-order valence-corrected chi connectivity index (χ4v) is 4.05. The van der Waals surface area contributed by atoms with E-state index in [1.165, 1.54) is 25.7 Å². The summed E-state index contributed by atoms with van der Waals surface area (Å²) >= 11 is 0. The van der Waals surface area contributed by atoms with Crippen LogP contribution in [-0.2, 0) is 11.2 Å². The van der Waals surface area contributed by atoms with E-state index in [-0.39, 0.29) is 24.4 Å². The van der Waals surface area contributed by atoms with Crippen molar-refractivity contribution >= 4 is 6.29 Å². The first-order valence-corrected chi connectivity index (χ1v) is 11.9. The predicted octanol–water partition coefficient (Wildman–Crippen LogP) is 5.66. The van der Waals surface area contributed by atoms with Gasteiger partial charge in [0.1, 0.15) is 12.4 Å². The lowest BCUT2D eigenvalue weighted by Crippen LogP contribution is -2.41. The maximum absolute atomic E-state index is 11.9. The summed E-state index contributed by atoms with van der Waals surface area (Å²) in [6.07, 6.45) is 8.81. The van der Waals surface area contributed by atoms with Gasteiger partial charge in [-0.15, -0.1) is 0 Å². The van der Waals surface area contributed by atoms with Gasteiger partial charge in [0.25, 0.3) is 0 Å². The Balaban J connectivity index is 2.74. The maximum atomic E-state index is 11.9. The van der Waals surface area contributed by atoms with E-state index in [4.69, 9.17) is 4.74 Å². The standard InChI is InChI=1S/C24H38N2O6/c1-3-5-6-7-8-9-10-11-16-22(25(28)29)18-23(26(30)31)24(32-4-2)17-20-14-12-13-15-21(20)19-27/h12-15,19,22-24H,3-11,16-18H2,1-2H3. The molecule has 0 aromatic heterocycles. The van der Waals surface area contributed by atoms with Gasteiger partial charge < -0.3 is 4.74 Å². The van der Waals surface area contributed by atoms with Crippen LogP contribution >= 0.6 is 0 Å². The van der Waals surface area contributed by atoms with Gasteiger partial charge in [0.05, 0.1) is 6.42 Å². The van der Waals surface area contributed by atoms with Gasteiger partial charge in [-0.1, -0.05) is 76.1 Å². The Morgan fingerprint density at radius 2 is 1.56 bits per heavy atom. The zero-order valence-electron chi connectivity index (χ0n) is 19.4. The third-order valence-electron chi connectivity index (χ3n) is 5.89. The van der Waals surface area contributed by atoms with Crippen LogP contribution in [0.1, 0.15) is 94.0 Å². The SMILES string of the molecule is CCCCCCCCCCC(CC(C(Cc1ccccc1C=O)OCC)[N+](=O)[O-])[N+](=O)[O-]. The Morgan fingerprint density at radius 1 is 0.938 bits per heavy atom. The summed E-state index contributed by atoms with van der Waals surface area (Å²) in [4.78, 5) is 33.9. The van der Waals surface area contributed by atoms with Crippen molar-refractivity contribution in [2.45, 2.75) is 103 Å². The molecular formula is C24H38N2O6. The van der Waals surface area contributed by atoms with Crippen LogP contribution in [0.15, 0.2) is 24.3 Å². The number of carbonyl (C=O) groups is 1. The highest BCUT2D eigenvalue weighted by Gasteiger charge is 2.38. The second-order valence-corrected chi connectivity index (χ2v) is 8.31. The average Bonchev–Trinajstić information content (AvgIpc) is 2.77. The van der Waals surface area contributed by atoms with Crippen molar-refractivity contribution in [2.75, 3.05) is 6.61 Å². The molecule has 0 saturated heterocycles. The summed E-state index contributed by atoms with van der Waals surface area (Å²) in [6.45, 7) is 4.16. The number of rotatable bonds is 19. The van der Waals surface area contributed by atoms with Crippen molar-refractivity contribution in [1.82, 2.24) is 0 Å². The molecule has 0 aliphatic heterocycles. The molecule has 32 heavy (non-hydrogen) atoms. The molecular weight excluding hydrogens is 412 g/mol. The first-order valence-electron chi connectivity index (χ1n) is 11.9. The summed E-state index contributed by atoms with van der Waals surface area (Å²) in [7, 11) is 0. The summed E-state index contributed by atoms with van der Waals surface area (Å²) < 4.78 is 5.66. The number of ether oxygens (including phenoxy) is 1. The zero-order chi connectivity index (χ0) is 23.8. The molecule has 3 unspecified atom stereocenters.